The van der Waals surface area contributed by atoms with Crippen molar-refractivity contribution in [1.29, 1.82) is 0 Å². The lowest BCUT2D eigenvalue weighted by atomic mass is 9.96. The molecule has 0 saturated heterocycles. The smallest absolute Gasteiger partial charge is 0.0610 e. The number of nitrogens with one attached hydrogen (secondary N) is 1. The molecule has 1 fully saturated rings. The van der Waals surface area contributed by atoms with Crippen LogP contribution in [-0.2, 0) is 0 Å². The monoisotopic (exact) mass is 214 g/mol. The predicted molar refractivity (Wildman–Crippen MR) is 64.1 cm³/mol. The van der Waals surface area contributed by atoms with Crippen LogP contribution in [0.4, 0.5) is 0 Å². The number of rotatable bonds is 8. The van der Waals surface area contributed by atoms with E-state index in [1.54, 1.807) is 0 Å². The van der Waals surface area contributed by atoms with E-state index in [9.17, 15) is 5.11 Å². The van der Waals surface area contributed by atoms with E-state index in [0.29, 0.717) is 0 Å². The number of aliphatic hydroxyl groups is 1. The molecule has 0 aromatic carbocycles. The zero-order valence-corrected chi connectivity index (χ0v) is 10.4. The minimum Gasteiger partial charge on any atom is -0.394 e. The lowest BCUT2D eigenvalue weighted by Gasteiger charge is -2.27. The largest absolute Gasteiger partial charge is 0.394 e. The van der Waals surface area contributed by atoms with Crippen molar-refractivity contribution in [2.45, 2.75) is 50.6 Å². The van der Waals surface area contributed by atoms with Crippen LogP contribution in [0.1, 0.15) is 39.0 Å². The lowest BCUT2D eigenvalue weighted by Crippen LogP contribution is -2.43. The summed E-state index contributed by atoms with van der Waals surface area (Å²) in [5, 5.41) is 12.4. The summed E-state index contributed by atoms with van der Waals surface area (Å²) in [6, 6.07) is 0.874. The van der Waals surface area contributed by atoms with Gasteiger partial charge >= 0.3 is 0 Å². The summed E-state index contributed by atoms with van der Waals surface area (Å²) in [7, 11) is 4.15. The van der Waals surface area contributed by atoms with Gasteiger partial charge in [0.1, 0.15) is 0 Å². The van der Waals surface area contributed by atoms with E-state index in [2.05, 4.69) is 24.2 Å². The summed E-state index contributed by atoms with van der Waals surface area (Å²) in [4.78, 5) is 2.47. The first kappa shape index (κ1) is 12.9. The zero-order valence-electron chi connectivity index (χ0n) is 10.4. The second-order valence-corrected chi connectivity index (χ2v) is 5.14. The first-order valence-electron chi connectivity index (χ1n) is 6.11. The van der Waals surface area contributed by atoms with Crippen LogP contribution < -0.4 is 5.32 Å². The van der Waals surface area contributed by atoms with E-state index in [4.69, 9.17) is 0 Å². The van der Waals surface area contributed by atoms with Crippen molar-refractivity contribution in [3.63, 3.8) is 0 Å². The molecule has 2 N–H and O–H groups in total. The Kier molecular flexibility index (Phi) is 5.03. The van der Waals surface area contributed by atoms with Crippen LogP contribution in [-0.4, -0.2) is 48.8 Å². The Morgan fingerprint density at radius 3 is 2.53 bits per heavy atom. The van der Waals surface area contributed by atoms with Gasteiger partial charge in [-0.25, -0.2) is 0 Å². The summed E-state index contributed by atoms with van der Waals surface area (Å²) < 4.78 is 0. The molecule has 0 bridgehead atoms. The Hall–Kier alpha value is -0.120. The molecule has 15 heavy (non-hydrogen) atoms. The molecule has 3 heteroatoms. The third-order valence-corrected chi connectivity index (χ3v) is 3.61. The van der Waals surface area contributed by atoms with Crippen LogP contribution in [0.25, 0.3) is 0 Å². The molecule has 1 aliphatic carbocycles. The Morgan fingerprint density at radius 1 is 1.40 bits per heavy atom. The average Bonchev–Trinajstić information content (AvgIpc) is 3.07. The van der Waals surface area contributed by atoms with E-state index in [0.717, 1.165) is 12.5 Å². The second kappa shape index (κ2) is 5.83. The molecule has 1 atom stereocenters. The highest BCUT2D eigenvalue weighted by atomic mass is 16.3. The van der Waals surface area contributed by atoms with Gasteiger partial charge in [-0.05, 0) is 53.2 Å². The van der Waals surface area contributed by atoms with Gasteiger partial charge in [-0.15, -0.1) is 0 Å². The van der Waals surface area contributed by atoms with Crippen molar-refractivity contribution in [2.75, 3.05) is 27.2 Å². The quantitative estimate of drug-likeness (QED) is 0.596. The van der Waals surface area contributed by atoms with Crippen molar-refractivity contribution >= 4 is 0 Å². The SMILES string of the molecule is CNC(C)(CO)CCCCN(C)C1CC1. The molecule has 0 radical (unpaired) electrons. The predicted octanol–water partition coefficient (Wildman–Crippen LogP) is 1.22. The fourth-order valence-corrected chi connectivity index (χ4v) is 1.86. The molecule has 1 rings (SSSR count). The average molecular weight is 214 g/mol. The number of nitrogens with zero attached hydrogens (tertiary/aromatic N) is 1. The van der Waals surface area contributed by atoms with Crippen LogP contribution >= 0.6 is 0 Å². The third-order valence-electron chi connectivity index (χ3n) is 3.61. The van der Waals surface area contributed by atoms with Crippen LogP contribution in [0.5, 0.6) is 0 Å². The highest BCUT2D eigenvalue weighted by molar-refractivity contribution is 4.83. The normalized spacial score (nSPS) is 20.6. The summed E-state index contributed by atoms with van der Waals surface area (Å²) in [6.07, 6.45) is 6.26. The molecule has 90 valence electrons. The van der Waals surface area contributed by atoms with Crippen molar-refractivity contribution in [3.8, 4) is 0 Å². The fourth-order valence-electron chi connectivity index (χ4n) is 1.86. The number of likely N-dealkylation sites (N-methyl/N-ethyl adjacent to an activating group) is 1. The molecule has 0 heterocycles. The van der Waals surface area contributed by atoms with Crippen molar-refractivity contribution in [2.24, 2.45) is 0 Å². The molecule has 1 unspecified atom stereocenters. The van der Waals surface area contributed by atoms with Gasteiger partial charge in [0.25, 0.3) is 0 Å². The number of hydrogen-bond acceptors (Lipinski definition) is 3. The molecule has 0 aromatic heterocycles. The summed E-state index contributed by atoms with van der Waals surface area (Å²) in [5.74, 6) is 0. The molecule has 0 spiro atoms. The third kappa shape index (κ3) is 4.49. The molecular formula is C12H26N2O. The van der Waals surface area contributed by atoms with Crippen molar-refractivity contribution < 1.29 is 5.11 Å². The molecule has 0 aliphatic heterocycles. The van der Waals surface area contributed by atoms with Crippen LogP contribution in [0, 0.1) is 0 Å². The maximum atomic E-state index is 9.22. The fraction of sp³-hybridized carbons (Fsp3) is 1.00. The van der Waals surface area contributed by atoms with E-state index >= 15 is 0 Å². The van der Waals surface area contributed by atoms with Crippen molar-refractivity contribution in [1.82, 2.24) is 10.2 Å². The summed E-state index contributed by atoms with van der Waals surface area (Å²) in [6.45, 7) is 3.51. The summed E-state index contributed by atoms with van der Waals surface area (Å²) >= 11 is 0. The van der Waals surface area contributed by atoms with Gasteiger partial charge in [0.05, 0.1) is 6.61 Å². The summed E-state index contributed by atoms with van der Waals surface area (Å²) in [5.41, 5.74) is -0.0852. The molecule has 3 nitrogen and oxygen atoms in total. The first-order chi connectivity index (χ1) is 7.11. The van der Waals surface area contributed by atoms with Gasteiger partial charge in [-0.1, -0.05) is 6.42 Å². The highest BCUT2D eigenvalue weighted by Crippen LogP contribution is 2.25. The maximum Gasteiger partial charge on any atom is 0.0610 e. The van der Waals surface area contributed by atoms with Crippen LogP contribution in [0.2, 0.25) is 0 Å². The van der Waals surface area contributed by atoms with E-state index < -0.39 is 0 Å². The Balaban J connectivity index is 2.04. The molecular weight excluding hydrogens is 188 g/mol. The minimum absolute atomic E-state index is 0.0852. The Morgan fingerprint density at radius 2 is 2.07 bits per heavy atom. The second-order valence-electron chi connectivity index (χ2n) is 5.14. The topological polar surface area (TPSA) is 35.5 Å². The molecule has 0 amide bonds. The van der Waals surface area contributed by atoms with E-state index in [1.165, 1.54) is 32.2 Å². The number of aliphatic hydroxyl groups excluding tert-OH is 1. The van der Waals surface area contributed by atoms with E-state index in [-0.39, 0.29) is 12.1 Å². The first-order valence-corrected chi connectivity index (χ1v) is 6.11. The van der Waals surface area contributed by atoms with Crippen molar-refractivity contribution in [3.05, 3.63) is 0 Å². The highest BCUT2D eigenvalue weighted by Gasteiger charge is 2.25. The molecule has 0 aromatic rings. The zero-order chi connectivity index (χ0) is 11.3. The van der Waals surface area contributed by atoms with Gasteiger partial charge in [0.15, 0.2) is 0 Å². The standard InChI is InChI=1S/C12H26N2O/c1-12(10-15,13-2)8-4-5-9-14(3)11-6-7-11/h11,13,15H,4-10H2,1-3H3. The van der Waals surface area contributed by atoms with Gasteiger partial charge in [0.2, 0.25) is 0 Å². The van der Waals surface area contributed by atoms with Gasteiger partial charge in [0, 0.05) is 11.6 Å². The lowest BCUT2D eigenvalue weighted by molar-refractivity contribution is 0.169. The molecule has 1 aliphatic rings. The number of unbranched alkanes of at least 4 members (excludes halogenated alkanes) is 1. The van der Waals surface area contributed by atoms with Crippen LogP contribution in [0.15, 0.2) is 0 Å². The Labute approximate surface area is 93.9 Å². The molecule has 1 saturated carbocycles. The van der Waals surface area contributed by atoms with Gasteiger partial charge in [-0.3, -0.25) is 0 Å². The van der Waals surface area contributed by atoms with Crippen LogP contribution in [0.3, 0.4) is 0 Å². The Bertz CT molecular complexity index is 176. The van der Waals surface area contributed by atoms with Gasteiger partial charge in [-0.2, -0.15) is 0 Å². The minimum atomic E-state index is -0.0852. The van der Waals surface area contributed by atoms with Gasteiger partial charge < -0.3 is 15.3 Å². The van der Waals surface area contributed by atoms with E-state index in [1.807, 2.05) is 7.05 Å². The number of hydrogen-bond donors (Lipinski definition) is 2. The maximum absolute atomic E-state index is 9.22.